The average Bonchev–Trinajstić information content (AvgIpc) is 2.45. The zero-order valence-electron chi connectivity index (χ0n) is 11.3. The van der Waals surface area contributed by atoms with Crippen molar-refractivity contribution in [1.29, 1.82) is 0 Å². The lowest BCUT2D eigenvalue weighted by Crippen LogP contribution is -2.28. The summed E-state index contributed by atoms with van der Waals surface area (Å²) >= 11 is 0. The van der Waals surface area contributed by atoms with Gasteiger partial charge in [0, 0.05) is 30.1 Å². The van der Waals surface area contributed by atoms with Crippen molar-refractivity contribution in [2.75, 3.05) is 6.54 Å². The Hall–Kier alpha value is -2.34. The van der Waals surface area contributed by atoms with Crippen LogP contribution in [0.3, 0.4) is 0 Å². The van der Waals surface area contributed by atoms with E-state index in [9.17, 15) is 18.7 Å². The van der Waals surface area contributed by atoms with Crippen LogP contribution in [0.1, 0.15) is 27.7 Å². The number of hydrogen-bond donors (Lipinski definition) is 2. The molecular weight excluding hydrogens is 278 g/mol. The molecule has 1 aromatic heterocycles. The van der Waals surface area contributed by atoms with Crippen molar-refractivity contribution in [3.8, 4) is 0 Å². The Balaban J connectivity index is 1.98. The molecule has 0 radical (unpaired) electrons. The van der Waals surface area contributed by atoms with E-state index in [-0.39, 0.29) is 12.1 Å². The molecule has 1 aromatic carbocycles. The molecule has 0 aliphatic rings. The summed E-state index contributed by atoms with van der Waals surface area (Å²) in [4.78, 5) is 15.8. The first-order valence-corrected chi connectivity index (χ1v) is 6.31. The number of nitrogens with zero attached hydrogens (tertiary/aromatic N) is 1. The predicted molar refractivity (Wildman–Crippen MR) is 72.6 cm³/mol. The molecule has 4 nitrogen and oxygen atoms in total. The van der Waals surface area contributed by atoms with Crippen molar-refractivity contribution in [2.45, 2.75) is 13.0 Å². The topological polar surface area (TPSA) is 62.2 Å². The minimum atomic E-state index is -1.26. The van der Waals surface area contributed by atoms with E-state index in [2.05, 4.69) is 10.3 Å². The number of nitrogens with one attached hydrogen (secondary N) is 1. The van der Waals surface area contributed by atoms with Gasteiger partial charge >= 0.3 is 0 Å². The van der Waals surface area contributed by atoms with Gasteiger partial charge in [-0.05, 0) is 25.1 Å². The van der Waals surface area contributed by atoms with E-state index < -0.39 is 23.6 Å². The van der Waals surface area contributed by atoms with E-state index >= 15 is 0 Å². The van der Waals surface area contributed by atoms with Gasteiger partial charge in [-0.2, -0.15) is 0 Å². The van der Waals surface area contributed by atoms with E-state index in [1.807, 2.05) is 0 Å². The summed E-state index contributed by atoms with van der Waals surface area (Å²) in [6.07, 6.45) is 0.156. The summed E-state index contributed by atoms with van der Waals surface area (Å²) in [6.45, 7) is 1.61. The van der Waals surface area contributed by atoms with Gasteiger partial charge in [0.15, 0.2) is 0 Å². The fraction of sp³-hybridized carbons (Fsp3) is 0.200. The number of rotatable bonds is 4. The number of carbonyl (C=O) groups excluding carboxylic acids is 1. The number of carbonyl (C=O) groups is 1. The van der Waals surface area contributed by atoms with Crippen molar-refractivity contribution in [3.63, 3.8) is 0 Å². The van der Waals surface area contributed by atoms with Crippen LogP contribution in [0.25, 0.3) is 0 Å². The number of amides is 1. The molecule has 0 fully saturated rings. The van der Waals surface area contributed by atoms with Crippen molar-refractivity contribution in [3.05, 3.63) is 65.0 Å². The first-order chi connectivity index (χ1) is 9.97. The van der Waals surface area contributed by atoms with Crippen molar-refractivity contribution in [1.82, 2.24) is 10.3 Å². The summed E-state index contributed by atoms with van der Waals surface area (Å²) in [5, 5.41) is 12.3. The Bertz CT molecular complexity index is 645. The molecule has 2 N–H and O–H groups in total. The molecule has 6 heteroatoms. The second-order valence-corrected chi connectivity index (χ2v) is 4.58. The third-order valence-corrected chi connectivity index (χ3v) is 2.95. The number of aliphatic hydroxyl groups is 1. The number of benzene rings is 1. The summed E-state index contributed by atoms with van der Waals surface area (Å²) in [5.41, 5.74) is 1.05. The third kappa shape index (κ3) is 3.82. The third-order valence-electron chi connectivity index (χ3n) is 2.95. The van der Waals surface area contributed by atoms with Gasteiger partial charge in [-0.3, -0.25) is 9.78 Å². The van der Waals surface area contributed by atoms with E-state index in [1.165, 1.54) is 6.20 Å². The second kappa shape index (κ2) is 6.41. The largest absolute Gasteiger partial charge is 0.386 e. The van der Waals surface area contributed by atoms with E-state index in [0.717, 1.165) is 17.8 Å². The maximum absolute atomic E-state index is 13.5. The van der Waals surface area contributed by atoms with Crippen LogP contribution < -0.4 is 5.32 Å². The van der Waals surface area contributed by atoms with Crippen molar-refractivity contribution in [2.24, 2.45) is 0 Å². The van der Waals surface area contributed by atoms with Crippen LogP contribution in [0.2, 0.25) is 0 Å². The molecule has 2 aromatic rings. The first kappa shape index (κ1) is 15.1. The highest BCUT2D eigenvalue weighted by Crippen LogP contribution is 2.17. The van der Waals surface area contributed by atoms with Gasteiger partial charge in [0.2, 0.25) is 0 Å². The van der Waals surface area contributed by atoms with Crippen LogP contribution in [0, 0.1) is 18.6 Å². The lowest BCUT2D eigenvalue weighted by Gasteiger charge is -2.13. The van der Waals surface area contributed by atoms with E-state index in [1.54, 1.807) is 19.1 Å². The Kier molecular flexibility index (Phi) is 4.59. The van der Waals surface area contributed by atoms with Gasteiger partial charge in [-0.1, -0.05) is 6.07 Å². The lowest BCUT2D eigenvalue weighted by molar-refractivity contribution is 0.0913. The number of halogens is 2. The number of aryl methyl sites for hydroxylation is 1. The summed E-state index contributed by atoms with van der Waals surface area (Å²) in [7, 11) is 0. The van der Waals surface area contributed by atoms with Crippen LogP contribution in [-0.2, 0) is 0 Å². The molecule has 0 saturated carbocycles. The smallest absolute Gasteiger partial charge is 0.252 e. The molecule has 0 unspecified atom stereocenters. The number of aliphatic hydroxyl groups excluding tert-OH is 1. The van der Waals surface area contributed by atoms with Crippen LogP contribution in [0.4, 0.5) is 8.78 Å². The Labute approximate surface area is 120 Å². The zero-order valence-corrected chi connectivity index (χ0v) is 11.3. The van der Waals surface area contributed by atoms with E-state index in [0.29, 0.717) is 11.6 Å². The molecule has 1 atom stereocenters. The normalized spacial score (nSPS) is 12.0. The standard InChI is InChI=1S/C15H14F2N2O2/c1-9-2-3-10(7-18-9)15(21)19-8-14(20)12-5-4-11(16)6-13(12)17/h2-7,14,20H,8H2,1H3,(H,19,21)/t14-/m0/s1. The quantitative estimate of drug-likeness (QED) is 0.907. The highest BCUT2D eigenvalue weighted by molar-refractivity contribution is 5.93. The lowest BCUT2D eigenvalue weighted by atomic mass is 10.1. The van der Waals surface area contributed by atoms with Gasteiger partial charge in [0.1, 0.15) is 11.6 Å². The molecule has 0 spiro atoms. The second-order valence-electron chi connectivity index (χ2n) is 4.58. The Morgan fingerprint density at radius 3 is 2.71 bits per heavy atom. The Morgan fingerprint density at radius 1 is 1.33 bits per heavy atom. The highest BCUT2D eigenvalue weighted by Gasteiger charge is 2.15. The number of hydrogen-bond acceptors (Lipinski definition) is 3. The monoisotopic (exact) mass is 292 g/mol. The van der Waals surface area contributed by atoms with Gasteiger partial charge in [-0.15, -0.1) is 0 Å². The molecule has 2 rings (SSSR count). The van der Waals surface area contributed by atoms with Crippen molar-refractivity contribution < 1.29 is 18.7 Å². The minimum Gasteiger partial charge on any atom is -0.386 e. The zero-order chi connectivity index (χ0) is 15.4. The molecule has 21 heavy (non-hydrogen) atoms. The van der Waals surface area contributed by atoms with Crippen LogP contribution >= 0.6 is 0 Å². The highest BCUT2D eigenvalue weighted by atomic mass is 19.1. The predicted octanol–water partition coefficient (Wildman–Crippen LogP) is 2.13. The molecule has 1 heterocycles. The van der Waals surface area contributed by atoms with E-state index in [4.69, 9.17) is 0 Å². The Morgan fingerprint density at radius 2 is 2.10 bits per heavy atom. The van der Waals surface area contributed by atoms with Crippen LogP contribution in [-0.4, -0.2) is 22.5 Å². The molecule has 0 aliphatic heterocycles. The molecule has 0 bridgehead atoms. The van der Waals surface area contributed by atoms with Gasteiger partial charge < -0.3 is 10.4 Å². The molecule has 1 amide bonds. The number of aromatic nitrogens is 1. The summed E-state index contributed by atoms with van der Waals surface area (Å²) < 4.78 is 26.3. The van der Waals surface area contributed by atoms with Gasteiger partial charge in [0.25, 0.3) is 5.91 Å². The van der Waals surface area contributed by atoms with Gasteiger partial charge in [0.05, 0.1) is 11.7 Å². The van der Waals surface area contributed by atoms with Crippen LogP contribution in [0.5, 0.6) is 0 Å². The summed E-state index contributed by atoms with van der Waals surface area (Å²) in [5.74, 6) is -2.00. The average molecular weight is 292 g/mol. The first-order valence-electron chi connectivity index (χ1n) is 6.31. The maximum Gasteiger partial charge on any atom is 0.252 e. The minimum absolute atomic E-state index is 0.0706. The molecule has 0 aliphatic carbocycles. The number of pyridine rings is 1. The maximum atomic E-state index is 13.5. The molecular formula is C15H14F2N2O2. The summed E-state index contributed by atoms with van der Waals surface area (Å²) in [6, 6.07) is 6.17. The fourth-order valence-electron chi connectivity index (χ4n) is 1.78. The molecule has 110 valence electrons. The van der Waals surface area contributed by atoms with Crippen molar-refractivity contribution >= 4 is 5.91 Å². The SMILES string of the molecule is Cc1ccc(C(=O)NC[C@H](O)c2ccc(F)cc2F)cn1. The fourth-order valence-corrected chi connectivity index (χ4v) is 1.78. The van der Waals surface area contributed by atoms with Gasteiger partial charge in [-0.25, -0.2) is 8.78 Å². The van der Waals surface area contributed by atoms with Crippen LogP contribution in [0.15, 0.2) is 36.5 Å². The molecule has 0 saturated heterocycles.